The van der Waals surface area contributed by atoms with Gasteiger partial charge in [0.25, 0.3) is 0 Å². The number of nitrogens with zero attached hydrogens (tertiary/aromatic N) is 2. The fourth-order valence-corrected chi connectivity index (χ4v) is 4.42. The summed E-state index contributed by atoms with van der Waals surface area (Å²) >= 11 is 0. The van der Waals surface area contributed by atoms with Gasteiger partial charge in [0.05, 0.1) is 12.2 Å². The van der Waals surface area contributed by atoms with Crippen molar-refractivity contribution in [2.24, 2.45) is 16.3 Å². The Morgan fingerprint density at radius 1 is 1.30 bits per heavy atom. The molecule has 3 rings (SSSR count). The van der Waals surface area contributed by atoms with Gasteiger partial charge in [-0.2, -0.15) is 0 Å². The molecule has 23 heavy (non-hydrogen) atoms. The van der Waals surface area contributed by atoms with Crippen molar-refractivity contribution in [3.8, 4) is 0 Å². The maximum absolute atomic E-state index is 9.71. The Balaban J connectivity index is 0.00000192. The molecular weight excluding hydrogens is 405 g/mol. The number of ether oxygens (including phenoxy) is 1. The first-order valence-electron chi connectivity index (χ1n) is 8.89. The molecule has 2 heterocycles. The Kier molecular flexibility index (Phi) is 6.58. The first kappa shape index (κ1) is 19.2. The number of nitrogens with one attached hydrogen (secondary N) is 1. The monoisotopic (exact) mass is 437 g/mol. The Morgan fingerprint density at radius 2 is 2.00 bits per heavy atom. The van der Waals surface area contributed by atoms with E-state index in [1.807, 2.05) is 0 Å². The summed E-state index contributed by atoms with van der Waals surface area (Å²) in [6.45, 7) is 10.2. The number of guanidine groups is 1. The van der Waals surface area contributed by atoms with E-state index in [2.05, 4.69) is 31.0 Å². The summed E-state index contributed by atoms with van der Waals surface area (Å²) in [5, 5.41) is 13.5. The van der Waals surface area contributed by atoms with Gasteiger partial charge in [-0.3, -0.25) is 4.99 Å². The van der Waals surface area contributed by atoms with Crippen LogP contribution >= 0.6 is 24.0 Å². The van der Waals surface area contributed by atoms with E-state index in [4.69, 9.17) is 9.73 Å². The van der Waals surface area contributed by atoms with E-state index in [-0.39, 0.29) is 35.5 Å². The number of aliphatic imine (C=N–C) groups is 1. The number of aliphatic hydroxyl groups is 1. The zero-order valence-electron chi connectivity index (χ0n) is 14.6. The molecule has 6 heteroatoms. The second-order valence-electron chi connectivity index (χ2n) is 7.56. The molecule has 0 amide bonds. The van der Waals surface area contributed by atoms with Crippen LogP contribution in [0.25, 0.3) is 0 Å². The zero-order chi connectivity index (χ0) is 15.7. The van der Waals surface area contributed by atoms with E-state index >= 15 is 0 Å². The summed E-state index contributed by atoms with van der Waals surface area (Å²) < 4.78 is 6.00. The molecule has 2 aliphatic heterocycles. The highest BCUT2D eigenvalue weighted by Crippen LogP contribution is 2.51. The van der Waals surface area contributed by atoms with Gasteiger partial charge in [0.1, 0.15) is 0 Å². The first-order chi connectivity index (χ1) is 10.5. The third-order valence-corrected chi connectivity index (χ3v) is 5.69. The minimum absolute atomic E-state index is 0. The Labute approximate surface area is 157 Å². The lowest BCUT2D eigenvalue weighted by Crippen LogP contribution is -2.71. The lowest BCUT2D eigenvalue weighted by Gasteiger charge is -2.60. The van der Waals surface area contributed by atoms with E-state index in [1.165, 1.54) is 12.8 Å². The fraction of sp³-hybridized carbons (Fsp3) is 0.941. The topological polar surface area (TPSA) is 57.1 Å². The molecule has 3 atom stereocenters. The minimum atomic E-state index is -0.143. The van der Waals surface area contributed by atoms with Crippen LogP contribution in [0.1, 0.15) is 46.5 Å². The molecule has 5 nitrogen and oxygen atoms in total. The van der Waals surface area contributed by atoms with Gasteiger partial charge in [-0.1, -0.05) is 13.8 Å². The lowest BCUT2D eigenvalue weighted by atomic mass is 9.55. The van der Waals surface area contributed by atoms with Crippen LogP contribution in [0, 0.1) is 11.3 Å². The van der Waals surface area contributed by atoms with Crippen molar-refractivity contribution < 1.29 is 9.84 Å². The highest BCUT2D eigenvalue weighted by Gasteiger charge is 2.58. The van der Waals surface area contributed by atoms with Crippen molar-refractivity contribution in [1.82, 2.24) is 10.2 Å². The molecular formula is C17H32IN3O2. The average molecular weight is 437 g/mol. The smallest absolute Gasteiger partial charge is 0.194 e. The standard InChI is InChI=1S/C17H31N3O2.HI/c1-4-18-16(20-9-7-12(21)8-10-20)19-14-13-6-5-11-22-15(13)17(14,2)3;/h12-15,21H,4-11H2,1-3H3,(H,18,19);1H. The average Bonchev–Trinajstić information content (AvgIpc) is 2.52. The van der Waals surface area contributed by atoms with Gasteiger partial charge in [0, 0.05) is 43.6 Å². The highest BCUT2D eigenvalue weighted by molar-refractivity contribution is 14.0. The number of rotatable bonds is 2. The first-order valence-corrected chi connectivity index (χ1v) is 8.89. The molecule has 0 radical (unpaired) electrons. The van der Waals surface area contributed by atoms with E-state index in [1.54, 1.807) is 0 Å². The summed E-state index contributed by atoms with van der Waals surface area (Å²) in [6.07, 6.45) is 4.36. The molecule has 1 aliphatic carbocycles. The molecule has 0 bridgehead atoms. The molecule has 2 saturated heterocycles. The van der Waals surface area contributed by atoms with Crippen LogP contribution < -0.4 is 5.32 Å². The van der Waals surface area contributed by atoms with Crippen molar-refractivity contribution in [3.63, 3.8) is 0 Å². The quantitative estimate of drug-likeness (QED) is 0.395. The third kappa shape index (κ3) is 3.79. The zero-order valence-corrected chi connectivity index (χ0v) is 17.0. The number of fused-ring (bicyclic) bond motifs is 1. The summed E-state index contributed by atoms with van der Waals surface area (Å²) in [5.74, 6) is 1.64. The molecule has 1 saturated carbocycles. The molecule has 0 aromatic heterocycles. The van der Waals surface area contributed by atoms with Crippen molar-refractivity contribution >= 4 is 29.9 Å². The van der Waals surface area contributed by atoms with Crippen molar-refractivity contribution in [1.29, 1.82) is 0 Å². The van der Waals surface area contributed by atoms with Crippen molar-refractivity contribution in [2.45, 2.75) is 64.7 Å². The molecule has 0 aromatic rings. The molecule has 0 aromatic carbocycles. The molecule has 3 fully saturated rings. The van der Waals surface area contributed by atoms with Gasteiger partial charge in [-0.15, -0.1) is 24.0 Å². The maximum Gasteiger partial charge on any atom is 0.194 e. The number of halogens is 1. The predicted molar refractivity (Wildman–Crippen MR) is 103 cm³/mol. The molecule has 0 spiro atoms. The van der Waals surface area contributed by atoms with Gasteiger partial charge < -0.3 is 20.1 Å². The number of piperidine rings is 1. The van der Waals surface area contributed by atoms with E-state index in [9.17, 15) is 5.11 Å². The number of likely N-dealkylation sites (tertiary alicyclic amines) is 1. The van der Waals surface area contributed by atoms with Crippen molar-refractivity contribution in [2.75, 3.05) is 26.2 Å². The fourth-order valence-electron chi connectivity index (χ4n) is 4.42. The van der Waals surface area contributed by atoms with Crippen LogP contribution in [-0.2, 0) is 4.74 Å². The summed E-state index contributed by atoms with van der Waals surface area (Å²) in [5.41, 5.74) is 0.162. The van der Waals surface area contributed by atoms with Gasteiger partial charge in [-0.05, 0) is 32.6 Å². The van der Waals surface area contributed by atoms with E-state index < -0.39 is 0 Å². The van der Waals surface area contributed by atoms with Crippen LogP contribution in [0.5, 0.6) is 0 Å². The predicted octanol–water partition coefficient (Wildman–Crippen LogP) is 2.23. The summed E-state index contributed by atoms with van der Waals surface area (Å²) in [7, 11) is 0. The SMILES string of the molecule is CCN=C(NC1C2CCCOC2C1(C)C)N1CCC(O)CC1.I. The van der Waals surface area contributed by atoms with Crippen LogP contribution in [0.3, 0.4) is 0 Å². The van der Waals surface area contributed by atoms with Crippen LogP contribution in [0.4, 0.5) is 0 Å². The maximum atomic E-state index is 9.71. The normalized spacial score (nSPS) is 34.2. The minimum Gasteiger partial charge on any atom is -0.393 e. The molecule has 3 unspecified atom stereocenters. The molecule has 134 valence electrons. The van der Waals surface area contributed by atoms with Crippen molar-refractivity contribution in [3.05, 3.63) is 0 Å². The van der Waals surface area contributed by atoms with Gasteiger partial charge in [0.15, 0.2) is 5.96 Å². The summed E-state index contributed by atoms with van der Waals surface area (Å²) in [4.78, 5) is 7.02. The number of hydrogen-bond acceptors (Lipinski definition) is 3. The molecule has 3 aliphatic rings. The molecule has 2 N–H and O–H groups in total. The van der Waals surface area contributed by atoms with Crippen LogP contribution in [-0.4, -0.2) is 60.5 Å². The third-order valence-electron chi connectivity index (χ3n) is 5.69. The summed E-state index contributed by atoms with van der Waals surface area (Å²) in [6, 6.07) is 0.440. The Bertz CT molecular complexity index is 422. The van der Waals surface area contributed by atoms with Crippen LogP contribution in [0.15, 0.2) is 4.99 Å². The van der Waals surface area contributed by atoms with E-state index in [0.29, 0.717) is 18.1 Å². The number of aliphatic hydroxyl groups excluding tert-OH is 1. The van der Waals surface area contributed by atoms with Gasteiger partial charge in [-0.25, -0.2) is 0 Å². The lowest BCUT2D eigenvalue weighted by molar-refractivity contribution is -0.188. The van der Waals surface area contributed by atoms with Gasteiger partial charge in [0.2, 0.25) is 0 Å². The second kappa shape index (κ2) is 7.87. The number of hydrogen-bond donors (Lipinski definition) is 2. The van der Waals surface area contributed by atoms with E-state index in [0.717, 1.165) is 45.0 Å². The van der Waals surface area contributed by atoms with Gasteiger partial charge >= 0.3 is 0 Å². The largest absolute Gasteiger partial charge is 0.393 e. The second-order valence-corrected chi connectivity index (χ2v) is 7.56. The Hall–Kier alpha value is -0.0800. The Morgan fingerprint density at radius 3 is 2.65 bits per heavy atom. The van der Waals surface area contributed by atoms with Crippen LogP contribution in [0.2, 0.25) is 0 Å². The highest BCUT2D eigenvalue weighted by atomic mass is 127.